The number of halogens is 1. The van der Waals surface area contributed by atoms with Crippen LogP contribution in [0.1, 0.15) is 52.4 Å². The van der Waals surface area contributed by atoms with E-state index in [0.717, 1.165) is 18.7 Å². The van der Waals surface area contributed by atoms with E-state index in [1.807, 2.05) is 0 Å². The number of aromatic nitrogens is 4. The lowest BCUT2D eigenvalue weighted by molar-refractivity contribution is 0.203. The Kier molecular flexibility index (Phi) is 5.37. The minimum absolute atomic E-state index is 0.00638. The summed E-state index contributed by atoms with van der Waals surface area (Å²) >= 11 is 0. The molecule has 2 saturated heterocycles. The number of hydrogen-bond acceptors (Lipinski definition) is 8. The zero-order valence-electron chi connectivity index (χ0n) is 20.8. The van der Waals surface area contributed by atoms with Gasteiger partial charge in [0.1, 0.15) is 5.75 Å². The standard InChI is InChI=1S/C27H31FN6O2/c1-26-8-9-27(2,33-26)13-19(12-26)34(18-5-6-18)23-15-29-24(32-31-23)20-7-4-16(11-22(20)35)17-10-21(28)25(36-3)30-14-17/h4,7,10-11,14-15,18-19,33,35H,5-6,8-9,12-13H2,1-3H3/t19-,26-,27+. The summed E-state index contributed by atoms with van der Waals surface area (Å²) in [5.41, 5.74) is 1.96. The Bertz CT molecular complexity index is 1280. The molecule has 3 aromatic rings. The van der Waals surface area contributed by atoms with Gasteiger partial charge in [-0.3, -0.25) is 0 Å². The lowest BCUT2D eigenvalue weighted by atomic mass is 9.84. The first-order valence-corrected chi connectivity index (χ1v) is 12.6. The molecule has 3 atom stereocenters. The highest BCUT2D eigenvalue weighted by molar-refractivity contribution is 5.72. The van der Waals surface area contributed by atoms with Crippen molar-refractivity contribution in [3.8, 4) is 34.1 Å². The third-order valence-electron chi connectivity index (χ3n) is 7.92. The van der Waals surface area contributed by atoms with Gasteiger partial charge in [0.15, 0.2) is 17.5 Å². The van der Waals surface area contributed by atoms with Crippen LogP contribution in [0.2, 0.25) is 0 Å². The Morgan fingerprint density at radius 3 is 2.33 bits per heavy atom. The molecule has 0 unspecified atom stereocenters. The highest BCUT2D eigenvalue weighted by Gasteiger charge is 2.51. The highest BCUT2D eigenvalue weighted by atomic mass is 19.1. The van der Waals surface area contributed by atoms with Crippen molar-refractivity contribution in [2.45, 2.75) is 75.5 Å². The third kappa shape index (κ3) is 4.15. The van der Waals surface area contributed by atoms with Crippen molar-refractivity contribution in [3.63, 3.8) is 0 Å². The van der Waals surface area contributed by atoms with Gasteiger partial charge in [-0.15, -0.1) is 10.2 Å². The Labute approximate surface area is 210 Å². The van der Waals surface area contributed by atoms with Crippen LogP contribution in [0.5, 0.6) is 11.6 Å². The number of pyridine rings is 1. The summed E-state index contributed by atoms with van der Waals surface area (Å²) in [6.45, 7) is 4.68. The lowest BCUT2D eigenvalue weighted by Crippen LogP contribution is -2.59. The molecule has 4 heterocycles. The van der Waals surface area contributed by atoms with Gasteiger partial charge < -0.3 is 20.1 Å². The number of rotatable bonds is 6. The largest absolute Gasteiger partial charge is 0.507 e. The number of anilines is 1. The molecule has 0 spiro atoms. The number of nitrogens with zero attached hydrogens (tertiary/aromatic N) is 5. The summed E-state index contributed by atoms with van der Waals surface area (Å²) < 4.78 is 19.0. The number of phenols is 1. The fourth-order valence-corrected chi connectivity index (χ4v) is 6.19. The van der Waals surface area contributed by atoms with Crippen molar-refractivity contribution in [1.82, 2.24) is 25.5 Å². The van der Waals surface area contributed by atoms with Crippen molar-refractivity contribution in [1.29, 1.82) is 0 Å². The minimum Gasteiger partial charge on any atom is -0.507 e. The molecule has 1 aliphatic carbocycles. The maximum Gasteiger partial charge on any atom is 0.250 e. The van der Waals surface area contributed by atoms with Crippen LogP contribution in [-0.2, 0) is 0 Å². The van der Waals surface area contributed by atoms with Crippen LogP contribution in [0.25, 0.3) is 22.5 Å². The Balaban J connectivity index is 1.25. The molecular formula is C27H31FN6O2. The fourth-order valence-electron chi connectivity index (χ4n) is 6.19. The molecule has 2 aliphatic heterocycles. The van der Waals surface area contributed by atoms with Gasteiger partial charge in [0.2, 0.25) is 5.88 Å². The van der Waals surface area contributed by atoms with Gasteiger partial charge in [-0.25, -0.2) is 14.4 Å². The zero-order valence-corrected chi connectivity index (χ0v) is 20.8. The topological polar surface area (TPSA) is 96.3 Å². The monoisotopic (exact) mass is 490 g/mol. The molecule has 3 fully saturated rings. The average molecular weight is 491 g/mol. The molecule has 2 bridgehead atoms. The Morgan fingerprint density at radius 2 is 1.75 bits per heavy atom. The lowest BCUT2D eigenvalue weighted by Gasteiger charge is -2.46. The minimum atomic E-state index is -0.563. The molecule has 6 rings (SSSR count). The second-order valence-corrected chi connectivity index (χ2v) is 11.0. The quantitative estimate of drug-likeness (QED) is 0.522. The van der Waals surface area contributed by atoms with E-state index < -0.39 is 5.82 Å². The van der Waals surface area contributed by atoms with Crippen LogP contribution in [0.3, 0.4) is 0 Å². The van der Waals surface area contributed by atoms with Gasteiger partial charge in [0.25, 0.3) is 0 Å². The van der Waals surface area contributed by atoms with E-state index >= 15 is 0 Å². The van der Waals surface area contributed by atoms with E-state index in [1.165, 1.54) is 45.1 Å². The third-order valence-corrected chi connectivity index (χ3v) is 7.92. The maximum absolute atomic E-state index is 14.1. The number of piperidine rings is 1. The number of fused-ring (bicyclic) bond motifs is 2. The fraction of sp³-hybridized carbons (Fsp3) is 0.481. The van der Waals surface area contributed by atoms with Crippen molar-refractivity contribution < 1.29 is 14.2 Å². The molecule has 1 aromatic carbocycles. The number of aromatic hydroxyl groups is 1. The first-order valence-electron chi connectivity index (χ1n) is 12.6. The molecule has 0 amide bonds. The predicted octanol–water partition coefficient (Wildman–Crippen LogP) is 4.49. The van der Waals surface area contributed by atoms with Crippen molar-refractivity contribution >= 4 is 5.82 Å². The number of ether oxygens (including phenoxy) is 1. The molecule has 1 saturated carbocycles. The smallest absolute Gasteiger partial charge is 0.250 e. The highest BCUT2D eigenvalue weighted by Crippen LogP contribution is 2.46. The second-order valence-electron chi connectivity index (χ2n) is 11.0. The van der Waals surface area contributed by atoms with Crippen LogP contribution in [-0.4, -0.2) is 55.5 Å². The second kappa shape index (κ2) is 8.37. The maximum atomic E-state index is 14.1. The molecular weight excluding hydrogens is 459 g/mol. The SMILES string of the molecule is COc1ncc(-c2ccc(-c3ncc(N(C4CC4)[C@H]4C[C@]5(C)CC[C@](C)(C4)N5)nn3)c(O)c2)cc1F. The van der Waals surface area contributed by atoms with Crippen molar-refractivity contribution in [3.05, 3.63) is 42.5 Å². The van der Waals surface area contributed by atoms with Crippen LogP contribution in [0, 0.1) is 5.82 Å². The summed E-state index contributed by atoms with van der Waals surface area (Å²) in [7, 11) is 1.37. The molecule has 8 nitrogen and oxygen atoms in total. The summed E-state index contributed by atoms with van der Waals surface area (Å²) in [4.78, 5) is 11.0. The first kappa shape index (κ1) is 23.1. The van der Waals surface area contributed by atoms with Crippen LogP contribution in [0.4, 0.5) is 10.2 Å². The summed E-state index contributed by atoms with van der Waals surface area (Å²) in [5.74, 6) is 0.511. The van der Waals surface area contributed by atoms with Crippen LogP contribution in [0.15, 0.2) is 36.7 Å². The molecule has 0 radical (unpaired) electrons. The van der Waals surface area contributed by atoms with Crippen molar-refractivity contribution in [2.24, 2.45) is 0 Å². The first-order chi connectivity index (χ1) is 17.3. The average Bonchev–Trinajstić information content (AvgIpc) is 3.65. The number of phenolic OH excluding ortho intramolecular Hbond substituents is 1. The molecule has 188 valence electrons. The Hall–Kier alpha value is -3.33. The van der Waals surface area contributed by atoms with Gasteiger partial charge in [0.05, 0.1) is 18.9 Å². The van der Waals surface area contributed by atoms with Crippen LogP contribution >= 0.6 is 0 Å². The molecule has 2 aromatic heterocycles. The molecule has 9 heteroatoms. The van der Waals surface area contributed by atoms with Gasteiger partial charge in [-0.1, -0.05) is 6.07 Å². The van der Waals surface area contributed by atoms with Gasteiger partial charge >= 0.3 is 0 Å². The van der Waals surface area contributed by atoms with E-state index in [2.05, 4.69) is 44.2 Å². The summed E-state index contributed by atoms with van der Waals surface area (Å²) in [5, 5.41) is 23.5. The summed E-state index contributed by atoms with van der Waals surface area (Å²) in [6.07, 6.45) is 10.2. The molecule has 2 N–H and O–H groups in total. The number of nitrogens with one attached hydrogen (secondary N) is 1. The van der Waals surface area contributed by atoms with E-state index in [4.69, 9.17) is 4.74 Å². The van der Waals surface area contributed by atoms with Gasteiger partial charge in [-0.2, -0.15) is 0 Å². The number of benzene rings is 1. The van der Waals surface area contributed by atoms with Crippen LogP contribution < -0.4 is 15.0 Å². The zero-order chi connectivity index (χ0) is 25.1. The van der Waals surface area contributed by atoms with E-state index in [0.29, 0.717) is 34.6 Å². The van der Waals surface area contributed by atoms with Crippen molar-refractivity contribution in [2.75, 3.05) is 12.0 Å². The number of hydrogen-bond donors (Lipinski definition) is 2. The van der Waals surface area contributed by atoms with E-state index in [-0.39, 0.29) is 22.7 Å². The molecule has 36 heavy (non-hydrogen) atoms. The summed E-state index contributed by atoms with van der Waals surface area (Å²) in [6, 6.07) is 7.27. The van der Waals surface area contributed by atoms with Gasteiger partial charge in [0, 0.05) is 34.9 Å². The Morgan fingerprint density at radius 1 is 1.00 bits per heavy atom. The normalized spacial score (nSPS) is 27.2. The number of methoxy groups -OCH3 is 1. The van der Waals surface area contributed by atoms with E-state index in [9.17, 15) is 9.50 Å². The molecule has 3 aliphatic rings. The predicted molar refractivity (Wildman–Crippen MR) is 134 cm³/mol. The van der Waals surface area contributed by atoms with E-state index in [1.54, 1.807) is 24.4 Å². The van der Waals surface area contributed by atoms with Gasteiger partial charge in [-0.05, 0) is 76.1 Å².